The maximum Gasteiger partial charge on any atom is 0.262 e. The lowest BCUT2D eigenvalue weighted by Gasteiger charge is -2.24. The van der Waals surface area contributed by atoms with Crippen molar-refractivity contribution >= 4 is 17.2 Å². The Morgan fingerprint density at radius 1 is 1.38 bits per heavy atom. The van der Waals surface area contributed by atoms with Gasteiger partial charge in [0.25, 0.3) is 5.91 Å². The largest absolute Gasteiger partial charge is 0.392 e. The van der Waals surface area contributed by atoms with Gasteiger partial charge in [-0.05, 0) is 23.4 Å². The minimum Gasteiger partial charge on any atom is -0.392 e. The lowest BCUT2D eigenvalue weighted by Crippen LogP contribution is -2.39. The van der Waals surface area contributed by atoms with Crippen LogP contribution in [0.4, 0.5) is 0 Å². The number of hydrogen-bond donors (Lipinski definition) is 2. The van der Waals surface area contributed by atoms with E-state index in [-0.39, 0.29) is 18.1 Å². The number of aliphatic hydroxyl groups excluding tert-OH is 1. The quantitative estimate of drug-likeness (QED) is 0.872. The summed E-state index contributed by atoms with van der Waals surface area (Å²) in [5, 5.41) is 23.6. The van der Waals surface area contributed by atoms with Crippen LogP contribution in [0, 0.1) is 11.3 Å². The predicted molar refractivity (Wildman–Crippen MR) is 92.6 cm³/mol. The number of nitriles is 1. The predicted octanol–water partition coefficient (Wildman–Crippen LogP) is 1.98. The molecule has 2 unspecified atom stereocenters. The first-order valence-electron chi connectivity index (χ1n) is 7.89. The van der Waals surface area contributed by atoms with Gasteiger partial charge in [-0.25, -0.2) is 0 Å². The smallest absolute Gasteiger partial charge is 0.262 e. The van der Waals surface area contributed by atoms with Crippen molar-refractivity contribution < 1.29 is 9.90 Å². The Morgan fingerprint density at radius 2 is 2.17 bits per heavy atom. The van der Waals surface area contributed by atoms with Gasteiger partial charge in [-0.3, -0.25) is 9.69 Å². The van der Waals surface area contributed by atoms with Gasteiger partial charge in [0, 0.05) is 25.7 Å². The maximum absolute atomic E-state index is 12.3. The van der Waals surface area contributed by atoms with Crippen molar-refractivity contribution in [2.75, 3.05) is 13.1 Å². The molecule has 0 bridgehead atoms. The summed E-state index contributed by atoms with van der Waals surface area (Å²) < 4.78 is 0. The molecule has 0 saturated carbocycles. The summed E-state index contributed by atoms with van der Waals surface area (Å²) in [7, 11) is 0. The summed E-state index contributed by atoms with van der Waals surface area (Å²) in [5.41, 5.74) is 1.60. The Bertz CT molecular complexity index is 738. The van der Waals surface area contributed by atoms with Crippen LogP contribution in [-0.4, -0.2) is 41.1 Å². The molecule has 24 heavy (non-hydrogen) atoms. The average Bonchev–Trinajstić information content (AvgIpc) is 3.20. The van der Waals surface area contributed by atoms with Crippen LogP contribution in [-0.2, 0) is 6.54 Å². The number of carbonyl (C=O) groups is 1. The SMILES string of the molecule is N#Cc1ccsc1C(=O)NCC1CC(O)CN1Cc1ccccc1. The number of hydrogen-bond acceptors (Lipinski definition) is 5. The van der Waals surface area contributed by atoms with Gasteiger partial charge in [0.1, 0.15) is 10.9 Å². The molecule has 1 fully saturated rings. The fraction of sp³-hybridized carbons (Fsp3) is 0.333. The zero-order valence-electron chi connectivity index (χ0n) is 13.2. The highest BCUT2D eigenvalue weighted by Gasteiger charge is 2.31. The first-order valence-corrected chi connectivity index (χ1v) is 8.77. The van der Waals surface area contributed by atoms with Crippen LogP contribution in [0.2, 0.25) is 0 Å². The molecule has 1 aromatic carbocycles. The van der Waals surface area contributed by atoms with Crippen LogP contribution in [0.1, 0.15) is 27.2 Å². The third-order valence-electron chi connectivity index (χ3n) is 4.22. The lowest BCUT2D eigenvalue weighted by molar-refractivity contribution is 0.0943. The molecule has 1 amide bonds. The molecule has 1 aliphatic heterocycles. The van der Waals surface area contributed by atoms with Gasteiger partial charge in [-0.15, -0.1) is 11.3 Å². The normalized spacial score (nSPS) is 20.7. The number of rotatable bonds is 5. The first-order chi connectivity index (χ1) is 11.7. The van der Waals surface area contributed by atoms with Crippen molar-refractivity contribution in [1.82, 2.24) is 10.2 Å². The van der Waals surface area contributed by atoms with E-state index >= 15 is 0 Å². The summed E-state index contributed by atoms with van der Waals surface area (Å²) in [5.74, 6) is -0.220. The van der Waals surface area contributed by atoms with E-state index in [9.17, 15) is 9.90 Å². The Balaban J connectivity index is 1.61. The number of carbonyl (C=O) groups excluding carboxylic acids is 1. The van der Waals surface area contributed by atoms with E-state index in [0.29, 0.717) is 30.0 Å². The lowest BCUT2D eigenvalue weighted by atomic mass is 10.1. The topological polar surface area (TPSA) is 76.4 Å². The molecular weight excluding hydrogens is 322 g/mol. The molecule has 0 aliphatic carbocycles. The molecule has 6 heteroatoms. The number of benzene rings is 1. The summed E-state index contributed by atoms with van der Waals surface area (Å²) in [6, 6.07) is 13.9. The molecule has 5 nitrogen and oxygen atoms in total. The molecule has 2 heterocycles. The molecule has 1 aliphatic rings. The number of β-amino-alcohol motifs (C(OH)–C–C–N with tert-alkyl or cyclic N) is 1. The molecule has 0 radical (unpaired) electrons. The Labute approximate surface area is 145 Å². The van der Waals surface area contributed by atoms with Crippen molar-refractivity contribution in [1.29, 1.82) is 5.26 Å². The van der Waals surface area contributed by atoms with Crippen LogP contribution in [0.3, 0.4) is 0 Å². The van der Waals surface area contributed by atoms with Crippen molar-refractivity contribution in [2.24, 2.45) is 0 Å². The maximum atomic E-state index is 12.3. The second-order valence-corrected chi connectivity index (χ2v) is 6.86. The fourth-order valence-electron chi connectivity index (χ4n) is 3.05. The number of nitrogens with one attached hydrogen (secondary N) is 1. The van der Waals surface area contributed by atoms with Crippen LogP contribution in [0.25, 0.3) is 0 Å². The van der Waals surface area contributed by atoms with Crippen molar-refractivity contribution in [3.63, 3.8) is 0 Å². The van der Waals surface area contributed by atoms with E-state index in [1.54, 1.807) is 11.4 Å². The third-order valence-corrected chi connectivity index (χ3v) is 5.14. The van der Waals surface area contributed by atoms with E-state index < -0.39 is 0 Å². The molecule has 3 rings (SSSR count). The summed E-state index contributed by atoms with van der Waals surface area (Å²) in [4.78, 5) is 14.9. The second-order valence-electron chi connectivity index (χ2n) is 5.94. The van der Waals surface area contributed by atoms with Crippen LogP contribution < -0.4 is 5.32 Å². The second kappa shape index (κ2) is 7.58. The molecule has 2 atom stereocenters. The Kier molecular flexibility index (Phi) is 5.26. The van der Waals surface area contributed by atoms with Gasteiger partial charge in [-0.1, -0.05) is 30.3 Å². The van der Waals surface area contributed by atoms with Crippen LogP contribution >= 0.6 is 11.3 Å². The van der Waals surface area contributed by atoms with Crippen molar-refractivity contribution in [3.8, 4) is 6.07 Å². The highest BCUT2D eigenvalue weighted by atomic mass is 32.1. The highest BCUT2D eigenvalue weighted by molar-refractivity contribution is 7.12. The van der Waals surface area contributed by atoms with E-state index in [1.165, 1.54) is 16.9 Å². The monoisotopic (exact) mass is 341 g/mol. The molecule has 0 spiro atoms. The molecule has 2 aromatic rings. The first kappa shape index (κ1) is 16.7. The van der Waals surface area contributed by atoms with E-state index in [4.69, 9.17) is 5.26 Å². The fourth-order valence-corrected chi connectivity index (χ4v) is 3.81. The van der Waals surface area contributed by atoms with E-state index in [0.717, 1.165) is 6.54 Å². The number of aliphatic hydroxyl groups is 1. The van der Waals surface area contributed by atoms with Gasteiger partial charge in [0.2, 0.25) is 0 Å². The zero-order valence-corrected chi connectivity index (χ0v) is 14.0. The van der Waals surface area contributed by atoms with Gasteiger partial charge in [-0.2, -0.15) is 5.26 Å². The van der Waals surface area contributed by atoms with Gasteiger partial charge in [0.05, 0.1) is 11.7 Å². The standard InChI is InChI=1S/C18H19N3O2S/c19-9-14-6-7-24-17(14)18(23)20-10-15-8-16(22)12-21(15)11-13-4-2-1-3-5-13/h1-7,15-16,22H,8,10-12H2,(H,20,23). The Morgan fingerprint density at radius 3 is 2.92 bits per heavy atom. The average molecular weight is 341 g/mol. The minimum atomic E-state index is -0.368. The van der Waals surface area contributed by atoms with E-state index in [2.05, 4.69) is 22.3 Å². The van der Waals surface area contributed by atoms with Gasteiger partial charge >= 0.3 is 0 Å². The summed E-state index contributed by atoms with van der Waals surface area (Å²) in [6.45, 7) is 1.82. The summed E-state index contributed by atoms with van der Waals surface area (Å²) >= 11 is 1.27. The van der Waals surface area contributed by atoms with Crippen LogP contribution in [0.5, 0.6) is 0 Å². The number of nitrogens with zero attached hydrogens (tertiary/aromatic N) is 2. The number of amides is 1. The van der Waals surface area contributed by atoms with Crippen molar-refractivity contribution in [2.45, 2.75) is 25.1 Å². The van der Waals surface area contributed by atoms with Crippen molar-refractivity contribution in [3.05, 3.63) is 57.8 Å². The molecule has 1 aromatic heterocycles. The third kappa shape index (κ3) is 3.82. The van der Waals surface area contributed by atoms with Gasteiger partial charge in [0.15, 0.2) is 0 Å². The van der Waals surface area contributed by atoms with Gasteiger partial charge < -0.3 is 10.4 Å². The Hall–Kier alpha value is -2.20. The van der Waals surface area contributed by atoms with E-state index in [1.807, 2.05) is 24.3 Å². The summed E-state index contributed by atoms with van der Waals surface area (Å²) in [6.07, 6.45) is 0.273. The minimum absolute atomic E-state index is 0.0923. The molecule has 124 valence electrons. The zero-order chi connectivity index (χ0) is 16.9. The molecule has 1 saturated heterocycles. The van der Waals surface area contributed by atoms with Crippen LogP contribution in [0.15, 0.2) is 41.8 Å². The number of thiophene rings is 1. The number of likely N-dealkylation sites (tertiary alicyclic amines) is 1. The molecular formula is C18H19N3O2S. The highest BCUT2D eigenvalue weighted by Crippen LogP contribution is 2.21. The molecule has 2 N–H and O–H groups in total.